The van der Waals surface area contributed by atoms with Gasteiger partial charge in [0.1, 0.15) is 23.8 Å². The van der Waals surface area contributed by atoms with Gasteiger partial charge in [-0.05, 0) is 65.2 Å². The van der Waals surface area contributed by atoms with Crippen molar-refractivity contribution in [2.45, 2.75) is 102 Å². The maximum atomic E-state index is 14.2. The van der Waals surface area contributed by atoms with Crippen LogP contribution in [0.15, 0.2) is 41.6 Å². The summed E-state index contributed by atoms with van der Waals surface area (Å²) in [4.78, 5) is 64.4. The molecule has 3 amide bonds. The number of hydrogen-bond donors (Lipinski definition) is 2. The minimum atomic E-state index is -1.35. The first-order valence-corrected chi connectivity index (χ1v) is 16.1. The van der Waals surface area contributed by atoms with Crippen LogP contribution in [-0.2, 0) is 23.9 Å². The Morgan fingerprint density at radius 3 is 2.61 bits per heavy atom. The first-order valence-electron chi connectivity index (χ1n) is 15.7. The van der Waals surface area contributed by atoms with Crippen molar-refractivity contribution in [2.75, 3.05) is 13.2 Å². The Kier molecular flexibility index (Phi) is 9.88. The second-order valence-corrected chi connectivity index (χ2v) is 13.1. The Balaban J connectivity index is 1.46. The van der Waals surface area contributed by atoms with E-state index in [1.807, 2.05) is 18.2 Å². The molecule has 0 bridgehead atoms. The lowest BCUT2D eigenvalue weighted by Gasteiger charge is -2.30. The van der Waals surface area contributed by atoms with Gasteiger partial charge in [-0.2, -0.15) is 0 Å². The third kappa shape index (κ3) is 7.62. The maximum Gasteiger partial charge on any atom is 0.408 e. The van der Waals surface area contributed by atoms with Crippen molar-refractivity contribution < 1.29 is 33.4 Å². The van der Waals surface area contributed by atoms with Gasteiger partial charge in [0.05, 0.1) is 24.2 Å². The topological polar surface area (TPSA) is 149 Å². The van der Waals surface area contributed by atoms with Crippen LogP contribution >= 0.6 is 11.6 Å². The fourth-order valence-electron chi connectivity index (χ4n) is 5.75. The minimum absolute atomic E-state index is 0.00323. The molecule has 5 rings (SSSR count). The van der Waals surface area contributed by atoms with Gasteiger partial charge in [-0.15, -0.1) is 5.73 Å². The van der Waals surface area contributed by atoms with Crippen molar-refractivity contribution in [3.8, 4) is 5.88 Å². The van der Waals surface area contributed by atoms with E-state index in [-0.39, 0.29) is 37.0 Å². The van der Waals surface area contributed by atoms with Crippen LogP contribution in [0.2, 0.25) is 5.15 Å². The zero-order chi connectivity index (χ0) is 33.1. The minimum Gasteiger partial charge on any atom is -0.470 e. The summed E-state index contributed by atoms with van der Waals surface area (Å²) >= 11 is 6.42. The molecular weight excluding hydrogens is 614 g/mol. The van der Waals surface area contributed by atoms with E-state index in [9.17, 15) is 19.2 Å². The van der Waals surface area contributed by atoms with Crippen LogP contribution in [0.5, 0.6) is 5.88 Å². The zero-order valence-electron chi connectivity index (χ0n) is 26.6. The number of benzene rings is 1. The molecule has 2 aliphatic heterocycles. The predicted octanol–water partition coefficient (Wildman–Crippen LogP) is 4.39. The van der Waals surface area contributed by atoms with E-state index < -0.39 is 53.2 Å². The summed E-state index contributed by atoms with van der Waals surface area (Å²) in [5, 5.41) is 5.65. The fourth-order valence-corrected chi connectivity index (χ4v) is 5.93. The number of rotatable bonds is 5. The highest BCUT2D eigenvalue weighted by Gasteiger charge is 2.60. The highest BCUT2D eigenvalue weighted by Crippen LogP contribution is 2.44. The predicted molar refractivity (Wildman–Crippen MR) is 169 cm³/mol. The average Bonchev–Trinajstić information content (AvgIpc) is 3.52. The third-order valence-electron chi connectivity index (χ3n) is 8.02. The summed E-state index contributed by atoms with van der Waals surface area (Å²) in [6.07, 6.45) is 4.10. The van der Waals surface area contributed by atoms with Crippen LogP contribution in [0.25, 0.3) is 11.0 Å². The van der Waals surface area contributed by atoms with E-state index in [4.69, 9.17) is 25.8 Å². The lowest BCUT2D eigenvalue weighted by atomic mass is 10.1. The monoisotopic (exact) mass is 653 g/mol. The molecule has 246 valence electrons. The number of halogens is 1. The molecule has 4 atom stereocenters. The van der Waals surface area contributed by atoms with Crippen LogP contribution in [0.1, 0.15) is 72.6 Å². The normalized spacial score (nSPS) is 25.3. The molecule has 1 aromatic carbocycles. The van der Waals surface area contributed by atoms with Gasteiger partial charge in [0, 0.05) is 18.4 Å². The molecule has 13 heteroatoms. The van der Waals surface area contributed by atoms with E-state index in [2.05, 4.69) is 26.3 Å². The Bertz CT molecular complexity index is 1580. The quantitative estimate of drug-likeness (QED) is 0.354. The van der Waals surface area contributed by atoms with Gasteiger partial charge in [0.25, 0.3) is 5.88 Å². The van der Waals surface area contributed by atoms with Gasteiger partial charge in [-0.3, -0.25) is 9.59 Å². The number of alkyl carbamates (subject to hydrolysis) is 1. The van der Waals surface area contributed by atoms with Crippen molar-refractivity contribution in [3.63, 3.8) is 0 Å². The molecule has 3 heterocycles. The number of carbonyl (C=O) groups is 4. The Labute approximate surface area is 272 Å². The van der Waals surface area contributed by atoms with E-state index in [1.54, 1.807) is 39.8 Å². The number of para-hydroxylation sites is 2. The first kappa shape index (κ1) is 33.2. The van der Waals surface area contributed by atoms with E-state index in [0.29, 0.717) is 35.9 Å². The van der Waals surface area contributed by atoms with Gasteiger partial charge < -0.3 is 29.7 Å². The Morgan fingerprint density at radius 1 is 1.15 bits per heavy atom. The molecule has 2 aromatic rings. The van der Waals surface area contributed by atoms with Crippen LogP contribution in [-0.4, -0.2) is 81.2 Å². The molecule has 1 aromatic heterocycles. The van der Waals surface area contributed by atoms with Gasteiger partial charge >= 0.3 is 12.1 Å². The Morgan fingerprint density at radius 2 is 1.89 bits per heavy atom. The van der Waals surface area contributed by atoms with E-state index >= 15 is 0 Å². The number of amides is 3. The van der Waals surface area contributed by atoms with Crippen LogP contribution < -0.4 is 15.4 Å². The summed E-state index contributed by atoms with van der Waals surface area (Å²) in [6, 6.07) is 5.20. The number of aromatic nitrogens is 2. The molecule has 2 N–H and O–H groups in total. The van der Waals surface area contributed by atoms with E-state index in [0.717, 1.165) is 12.8 Å². The highest BCUT2D eigenvalue weighted by molar-refractivity contribution is 6.31. The first-order chi connectivity index (χ1) is 21.9. The summed E-state index contributed by atoms with van der Waals surface area (Å²) in [7, 11) is 0. The zero-order valence-corrected chi connectivity index (χ0v) is 27.3. The van der Waals surface area contributed by atoms with Crippen molar-refractivity contribution in [1.82, 2.24) is 25.5 Å². The SMILES string of the molecule is CCOC(=O)[C@@]12CC1=C=CCCCCC[C@H](NC(=O)OC(C)(C)C)C(=O)N1C[C@H](Oc3nc4ccccc4nc3Cl)C[C@H]1C(=O)N2. The van der Waals surface area contributed by atoms with Crippen LogP contribution in [0.4, 0.5) is 4.79 Å². The molecule has 2 fully saturated rings. The van der Waals surface area contributed by atoms with Gasteiger partial charge in [-0.1, -0.05) is 36.6 Å². The largest absolute Gasteiger partial charge is 0.470 e. The molecule has 0 unspecified atom stereocenters. The van der Waals surface area contributed by atoms with Gasteiger partial charge in [0.15, 0.2) is 10.7 Å². The fraction of sp³-hybridized carbons (Fsp3) is 0.545. The number of fused-ring (bicyclic) bond motifs is 3. The molecule has 1 saturated heterocycles. The molecule has 1 saturated carbocycles. The van der Waals surface area contributed by atoms with Gasteiger partial charge in [0.2, 0.25) is 11.8 Å². The second-order valence-electron chi connectivity index (χ2n) is 12.7. The van der Waals surface area contributed by atoms with Crippen molar-refractivity contribution in [2.24, 2.45) is 0 Å². The number of esters is 1. The lowest BCUT2D eigenvalue weighted by molar-refractivity contribution is -0.149. The number of nitrogens with zero attached hydrogens (tertiary/aromatic N) is 3. The summed E-state index contributed by atoms with van der Waals surface area (Å²) in [6.45, 7) is 7.05. The number of nitrogens with one attached hydrogen (secondary N) is 2. The summed E-state index contributed by atoms with van der Waals surface area (Å²) < 4.78 is 17.0. The molecule has 12 nitrogen and oxygen atoms in total. The molecule has 0 spiro atoms. The third-order valence-corrected chi connectivity index (χ3v) is 8.27. The lowest BCUT2D eigenvalue weighted by Crippen LogP contribution is -2.56. The van der Waals surface area contributed by atoms with Crippen LogP contribution in [0.3, 0.4) is 0 Å². The molecular formula is C33H40ClN5O7. The van der Waals surface area contributed by atoms with Crippen molar-refractivity contribution in [1.29, 1.82) is 0 Å². The molecule has 3 aliphatic rings. The average molecular weight is 654 g/mol. The van der Waals surface area contributed by atoms with Gasteiger partial charge in [-0.25, -0.2) is 19.6 Å². The summed E-state index contributed by atoms with van der Waals surface area (Å²) in [5.74, 6) is -1.51. The number of carbonyl (C=O) groups excluding carboxylic acids is 4. The van der Waals surface area contributed by atoms with Crippen LogP contribution in [0, 0.1) is 0 Å². The van der Waals surface area contributed by atoms with Crippen molar-refractivity contribution in [3.05, 3.63) is 46.8 Å². The standard InChI is InChI=1S/C33H40ClN5O7/c1-5-44-30(42)33-18-20(33)13-9-7-6-8-10-16-24(37-31(43)46-32(2,3)4)29(41)39-19-21(17-25(39)27(40)38-33)45-28-26(34)35-22-14-11-12-15-23(22)36-28/h9,11-12,14-15,21,24-25H,5-8,10,16-19H2,1-4H3,(H,37,43)(H,38,40)/t13?,21-,24+,25+,33-/m1/s1. The number of ether oxygens (including phenoxy) is 3. The maximum absolute atomic E-state index is 14.2. The second kappa shape index (κ2) is 13.7. The van der Waals surface area contributed by atoms with Crippen molar-refractivity contribution >= 4 is 46.5 Å². The summed E-state index contributed by atoms with van der Waals surface area (Å²) in [5.41, 5.74) is 2.85. The smallest absolute Gasteiger partial charge is 0.408 e. The van der Waals surface area contributed by atoms with E-state index in [1.165, 1.54) is 4.90 Å². The molecule has 1 aliphatic carbocycles. The highest BCUT2D eigenvalue weighted by atomic mass is 35.5. The Hall–Kier alpha value is -4.15. The molecule has 46 heavy (non-hydrogen) atoms. The molecule has 0 radical (unpaired) electrons. The number of hydrogen-bond acceptors (Lipinski definition) is 9.